The molecule has 1 amide bonds. The SMILES string of the molecule is CC(C)NC[C@H]1CCCN(C(=O)CN(c2cc(C(F)(F)F)ccc2Cl)S(=O)(=O)c2ccccc2)C1. The molecule has 1 N–H and O–H groups in total. The fraction of sp³-hybridized carbons (Fsp3) is 0.458. The smallest absolute Gasteiger partial charge is 0.341 e. The molecular weight excluding hydrogens is 503 g/mol. The molecule has 1 aliphatic heterocycles. The number of hydrogen-bond donors (Lipinski definition) is 1. The summed E-state index contributed by atoms with van der Waals surface area (Å²) in [6.07, 6.45) is -3.03. The Bertz CT molecular complexity index is 1130. The monoisotopic (exact) mass is 531 g/mol. The third-order valence-electron chi connectivity index (χ3n) is 5.84. The first-order valence-corrected chi connectivity index (χ1v) is 13.2. The summed E-state index contributed by atoms with van der Waals surface area (Å²) >= 11 is 6.19. The van der Waals surface area contributed by atoms with Crippen LogP contribution in [0.2, 0.25) is 5.02 Å². The molecule has 35 heavy (non-hydrogen) atoms. The minimum Gasteiger partial charge on any atom is -0.341 e. The number of nitrogens with one attached hydrogen (secondary N) is 1. The lowest BCUT2D eigenvalue weighted by Gasteiger charge is -2.35. The zero-order valence-corrected chi connectivity index (χ0v) is 21.1. The molecule has 0 radical (unpaired) electrons. The van der Waals surface area contributed by atoms with Gasteiger partial charge in [0.25, 0.3) is 10.0 Å². The highest BCUT2D eigenvalue weighted by Crippen LogP contribution is 2.37. The molecule has 192 valence electrons. The topological polar surface area (TPSA) is 69.7 Å². The molecule has 0 unspecified atom stereocenters. The van der Waals surface area contributed by atoms with Gasteiger partial charge in [0.1, 0.15) is 6.54 Å². The predicted molar refractivity (Wildman–Crippen MR) is 130 cm³/mol. The second-order valence-corrected chi connectivity index (χ2v) is 11.2. The molecule has 1 atom stereocenters. The largest absolute Gasteiger partial charge is 0.416 e. The van der Waals surface area contributed by atoms with E-state index < -0.39 is 39.9 Å². The summed E-state index contributed by atoms with van der Waals surface area (Å²) in [5.41, 5.74) is -1.45. The molecule has 0 spiro atoms. The lowest BCUT2D eigenvalue weighted by molar-refractivity contribution is -0.137. The molecule has 1 heterocycles. The molecule has 1 fully saturated rings. The summed E-state index contributed by atoms with van der Waals surface area (Å²) in [6.45, 7) is 4.99. The molecule has 11 heteroatoms. The Hall–Kier alpha value is -2.30. The van der Waals surface area contributed by atoms with Crippen LogP contribution >= 0.6 is 11.6 Å². The van der Waals surface area contributed by atoms with Crippen LogP contribution in [-0.4, -0.2) is 51.4 Å². The molecule has 1 aliphatic rings. The van der Waals surface area contributed by atoms with E-state index in [9.17, 15) is 26.4 Å². The van der Waals surface area contributed by atoms with E-state index in [1.54, 1.807) is 11.0 Å². The Morgan fingerprint density at radius 1 is 1.20 bits per heavy atom. The summed E-state index contributed by atoms with van der Waals surface area (Å²) in [6, 6.07) is 9.98. The van der Waals surface area contributed by atoms with Gasteiger partial charge in [-0.15, -0.1) is 0 Å². The van der Waals surface area contributed by atoms with Crippen molar-refractivity contribution < 1.29 is 26.4 Å². The van der Waals surface area contributed by atoms with Crippen LogP contribution in [0, 0.1) is 5.92 Å². The van der Waals surface area contributed by atoms with Crippen LogP contribution in [-0.2, 0) is 21.0 Å². The lowest BCUT2D eigenvalue weighted by Crippen LogP contribution is -2.48. The minimum atomic E-state index is -4.71. The molecule has 2 aromatic rings. The number of sulfonamides is 1. The van der Waals surface area contributed by atoms with Crippen LogP contribution in [0.1, 0.15) is 32.3 Å². The summed E-state index contributed by atoms with van der Waals surface area (Å²) in [5.74, 6) is -0.293. The van der Waals surface area contributed by atoms with Crippen molar-refractivity contribution in [2.45, 2.75) is 43.8 Å². The number of likely N-dealkylation sites (tertiary alicyclic amines) is 1. The Morgan fingerprint density at radius 2 is 1.89 bits per heavy atom. The Labute approximate surface area is 209 Å². The maximum Gasteiger partial charge on any atom is 0.416 e. The number of carbonyl (C=O) groups excluding carboxylic acids is 1. The number of rotatable bonds is 8. The van der Waals surface area contributed by atoms with E-state index in [0.717, 1.165) is 25.0 Å². The highest BCUT2D eigenvalue weighted by Gasteiger charge is 2.35. The van der Waals surface area contributed by atoms with Crippen molar-refractivity contribution in [1.29, 1.82) is 0 Å². The zero-order chi connectivity index (χ0) is 25.8. The summed E-state index contributed by atoms with van der Waals surface area (Å²) in [4.78, 5) is 14.7. The van der Waals surface area contributed by atoms with Gasteiger partial charge in [0.05, 0.1) is 21.2 Å². The summed E-state index contributed by atoms with van der Waals surface area (Å²) in [5, 5.41) is 3.14. The normalized spacial score (nSPS) is 17.0. The zero-order valence-electron chi connectivity index (χ0n) is 19.6. The van der Waals surface area contributed by atoms with Gasteiger partial charge in [0, 0.05) is 19.1 Å². The second-order valence-electron chi connectivity index (χ2n) is 8.90. The van der Waals surface area contributed by atoms with Crippen molar-refractivity contribution >= 4 is 33.2 Å². The molecule has 0 aromatic heterocycles. The Kier molecular flexibility index (Phi) is 8.72. The number of hydrogen-bond acceptors (Lipinski definition) is 4. The van der Waals surface area contributed by atoms with Crippen molar-refractivity contribution in [2.75, 3.05) is 30.5 Å². The lowest BCUT2D eigenvalue weighted by atomic mass is 9.97. The Morgan fingerprint density at radius 3 is 2.51 bits per heavy atom. The molecule has 1 saturated heterocycles. The van der Waals surface area contributed by atoms with Crippen molar-refractivity contribution in [2.24, 2.45) is 5.92 Å². The first-order chi connectivity index (χ1) is 16.4. The fourth-order valence-electron chi connectivity index (χ4n) is 3.98. The van der Waals surface area contributed by atoms with Crippen molar-refractivity contribution in [3.8, 4) is 0 Å². The van der Waals surface area contributed by atoms with Gasteiger partial charge in [0.15, 0.2) is 0 Å². The number of carbonyl (C=O) groups is 1. The van der Waals surface area contributed by atoms with E-state index >= 15 is 0 Å². The molecule has 6 nitrogen and oxygen atoms in total. The molecule has 0 aliphatic carbocycles. The highest BCUT2D eigenvalue weighted by atomic mass is 35.5. The number of anilines is 1. The predicted octanol–water partition coefficient (Wildman–Crippen LogP) is 4.79. The van der Waals surface area contributed by atoms with Gasteiger partial charge in [-0.25, -0.2) is 8.42 Å². The van der Waals surface area contributed by atoms with Crippen LogP contribution in [0.15, 0.2) is 53.4 Å². The third-order valence-corrected chi connectivity index (χ3v) is 7.93. The molecule has 2 aromatic carbocycles. The number of amides is 1. The van der Waals surface area contributed by atoms with Gasteiger partial charge >= 0.3 is 6.18 Å². The maximum absolute atomic E-state index is 13.5. The van der Waals surface area contributed by atoms with Gasteiger partial charge in [0.2, 0.25) is 5.91 Å². The minimum absolute atomic E-state index is 0.154. The number of alkyl halides is 3. The fourth-order valence-corrected chi connectivity index (χ4v) is 5.70. The van der Waals surface area contributed by atoms with Gasteiger partial charge < -0.3 is 10.2 Å². The molecular formula is C24H29ClF3N3O3S. The average Bonchev–Trinajstić information content (AvgIpc) is 2.81. The number of piperidine rings is 1. The van der Waals surface area contributed by atoms with E-state index in [1.807, 2.05) is 13.8 Å². The van der Waals surface area contributed by atoms with E-state index in [-0.39, 0.29) is 21.9 Å². The van der Waals surface area contributed by atoms with Crippen molar-refractivity contribution in [1.82, 2.24) is 10.2 Å². The van der Waals surface area contributed by atoms with Gasteiger partial charge in [-0.1, -0.05) is 43.6 Å². The molecule has 0 bridgehead atoms. The van der Waals surface area contributed by atoms with Gasteiger partial charge in [-0.3, -0.25) is 9.10 Å². The first kappa shape index (κ1) is 27.3. The highest BCUT2D eigenvalue weighted by molar-refractivity contribution is 7.92. The van der Waals surface area contributed by atoms with Crippen LogP contribution < -0.4 is 9.62 Å². The Balaban J connectivity index is 1.95. The number of halogens is 4. The van der Waals surface area contributed by atoms with E-state index in [4.69, 9.17) is 11.6 Å². The number of nitrogens with zero attached hydrogens (tertiary/aromatic N) is 2. The second kappa shape index (κ2) is 11.2. The molecule has 3 rings (SSSR count). The van der Waals surface area contributed by atoms with Crippen LogP contribution in [0.5, 0.6) is 0 Å². The van der Waals surface area contributed by atoms with Crippen molar-refractivity contribution in [3.63, 3.8) is 0 Å². The van der Waals surface area contributed by atoms with E-state index in [2.05, 4.69) is 5.32 Å². The van der Waals surface area contributed by atoms with Crippen LogP contribution in [0.25, 0.3) is 0 Å². The van der Waals surface area contributed by atoms with Crippen LogP contribution in [0.4, 0.5) is 18.9 Å². The van der Waals surface area contributed by atoms with Crippen LogP contribution in [0.3, 0.4) is 0 Å². The third kappa shape index (κ3) is 6.89. The summed E-state index contributed by atoms with van der Waals surface area (Å²) in [7, 11) is -4.39. The van der Waals surface area contributed by atoms with Gasteiger partial charge in [-0.2, -0.15) is 13.2 Å². The van der Waals surface area contributed by atoms with Crippen molar-refractivity contribution in [3.05, 3.63) is 59.1 Å². The standard InChI is InChI=1S/C24H29ClF3N3O3S/c1-17(2)29-14-18-7-6-12-30(15-18)23(32)16-31(35(33,34)20-8-4-3-5-9-20)22-13-19(24(26,27)28)10-11-21(22)25/h3-5,8-11,13,17-18,29H,6-7,12,14-16H2,1-2H3/t18-/m1/s1. The number of benzene rings is 2. The van der Waals surface area contributed by atoms with E-state index in [1.165, 1.54) is 24.3 Å². The maximum atomic E-state index is 13.5. The van der Waals surface area contributed by atoms with E-state index in [0.29, 0.717) is 30.0 Å². The summed E-state index contributed by atoms with van der Waals surface area (Å²) < 4.78 is 67.9. The van der Waals surface area contributed by atoms with Gasteiger partial charge in [-0.05, 0) is 55.6 Å². The first-order valence-electron chi connectivity index (χ1n) is 11.3. The quantitative estimate of drug-likeness (QED) is 0.532. The molecule has 0 saturated carbocycles. The average molecular weight is 532 g/mol.